The van der Waals surface area contributed by atoms with Gasteiger partial charge in [0.25, 0.3) is 0 Å². The Morgan fingerprint density at radius 1 is 1.09 bits per heavy atom. The Morgan fingerprint density at radius 3 is 2.39 bits per heavy atom. The molecule has 1 atom stereocenters. The van der Waals surface area contributed by atoms with Gasteiger partial charge in [0.2, 0.25) is 5.91 Å². The summed E-state index contributed by atoms with van der Waals surface area (Å²) in [6.45, 7) is 6.94. The molecular formula is C26H33NO6. The standard InChI is InChI=1S/C26H33NO6/c1-5-18(3)33-23-12-9-20(17-22(23)24(28)32-6-2)27-25(29)26(13-15-31-16-14-26)19-7-10-21(30-4)11-8-19/h7-12,17-18H,5-6,13-16H2,1-4H3,(H,27,29). The monoisotopic (exact) mass is 455 g/mol. The molecule has 0 spiro atoms. The number of nitrogens with one attached hydrogen (secondary N) is 1. The van der Waals surface area contributed by atoms with Gasteiger partial charge in [-0.3, -0.25) is 4.79 Å². The first-order valence-electron chi connectivity index (χ1n) is 11.4. The molecule has 1 aliphatic rings. The fourth-order valence-corrected chi connectivity index (χ4v) is 3.91. The fourth-order valence-electron chi connectivity index (χ4n) is 3.91. The molecule has 1 heterocycles. The van der Waals surface area contributed by atoms with E-state index in [2.05, 4.69) is 5.32 Å². The Morgan fingerprint density at radius 2 is 1.79 bits per heavy atom. The molecule has 1 N–H and O–H groups in total. The average molecular weight is 456 g/mol. The highest BCUT2D eigenvalue weighted by molar-refractivity contribution is 6.01. The molecule has 0 aromatic heterocycles. The van der Waals surface area contributed by atoms with Crippen molar-refractivity contribution in [3.63, 3.8) is 0 Å². The molecule has 1 unspecified atom stereocenters. The number of methoxy groups -OCH3 is 1. The summed E-state index contributed by atoms with van der Waals surface area (Å²) < 4.78 is 21.9. The van der Waals surface area contributed by atoms with Gasteiger partial charge in [0.05, 0.1) is 25.2 Å². The van der Waals surface area contributed by atoms with Crippen LogP contribution in [0.15, 0.2) is 42.5 Å². The highest BCUT2D eigenvalue weighted by Crippen LogP contribution is 2.37. The van der Waals surface area contributed by atoms with E-state index in [1.807, 2.05) is 38.1 Å². The zero-order valence-corrected chi connectivity index (χ0v) is 19.8. The number of hydrogen-bond acceptors (Lipinski definition) is 6. The van der Waals surface area contributed by atoms with Crippen molar-refractivity contribution < 1.29 is 28.5 Å². The smallest absolute Gasteiger partial charge is 0.341 e. The fraction of sp³-hybridized carbons (Fsp3) is 0.462. The molecule has 3 rings (SSSR count). The summed E-state index contributed by atoms with van der Waals surface area (Å²) in [6.07, 6.45) is 1.86. The molecule has 178 valence electrons. The zero-order valence-electron chi connectivity index (χ0n) is 19.8. The zero-order chi connectivity index (χ0) is 23.8. The number of anilines is 1. The second-order valence-corrected chi connectivity index (χ2v) is 8.15. The molecule has 7 nitrogen and oxygen atoms in total. The van der Waals surface area contributed by atoms with E-state index in [-0.39, 0.29) is 18.6 Å². The van der Waals surface area contributed by atoms with Crippen LogP contribution in [0, 0.1) is 0 Å². The number of benzene rings is 2. The van der Waals surface area contributed by atoms with E-state index < -0.39 is 11.4 Å². The van der Waals surface area contributed by atoms with Gasteiger partial charge in [-0.1, -0.05) is 19.1 Å². The van der Waals surface area contributed by atoms with Crippen LogP contribution < -0.4 is 14.8 Å². The maximum Gasteiger partial charge on any atom is 0.341 e. The Kier molecular flexibility index (Phi) is 8.33. The minimum absolute atomic E-state index is 0.0563. The van der Waals surface area contributed by atoms with E-state index in [4.69, 9.17) is 18.9 Å². The molecule has 2 aromatic rings. The van der Waals surface area contributed by atoms with Gasteiger partial charge in [-0.2, -0.15) is 0 Å². The summed E-state index contributed by atoms with van der Waals surface area (Å²) >= 11 is 0. The van der Waals surface area contributed by atoms with Crippen LogP contribution in [0.4, 0.5) is 5.69 Å². The Hall–Kier alpha value is -3.06. The number of hydrogen-bond donors (Lipinski definition) is 1. The van der Waals surface area contributed by atoms with Crippen molar-refractivity contribution >= 4 is 17.6 Å². The number of esters is 1. The SMILES string of the molecule is CCOC(=O)c1cc(NC(=O)C2(c3ccc(OC)cc3)CCOCC2)ccc1OC(C)CC. The first-order valence-corrected chi connectivity index (χ1v) is 11.4. The second-order valence-electron chi connectivity index (χ2n) is 8.15. The Balaban J connectivity index is 1.91. The van der Waals surface area contributed by atoms with Gasteiger partial charge in [-0.05, 0) is 69.0 Å². The van der Waals surface area contributed by atoms with Crippen molar-refractivity contribution in [1.82, 2.24) is 0 Å². The van der Waals surface area contributed by atoms with Crippen molar-refractivity contribution in [1.29, 1.82) is 0 Å². The topological polar surface area (TPSA) is 83.1 Å². The van der Waals surface area contributed by atoms with Gasteiger partial charge in [-0.15, -0.1) is 0 Å². The summed E-state index contributed by atoms with van der Waals surface area (Å²) in [4.78, 5) is 26.2. The lowest BCUT2D eigenvalue weighted by Crippen LogP contribution is -2.44. The number of carbonyl (C=O) groups excluding carboxylic acids is 2. The van der Waals surface area contributed by atoms with Crippen molar-refractivity contribution in [3.8, 4) is 11.5 Å². The van der Waals surface area contributed by atoms with E-state index in [1.165, 1.54) is 0 Å². The normalized spacial score (nSPS) is 15.9. The minimum atomic E-state index is -0.736. The van der Waals surface area contributed by atoms with Gasteiger partial charge in [0.1, 0.15) is 17.1 Å². The molecule has 0 radical (unpaired) electrons. The largest absolute Gasteiger partial charge is 0.497 e. The number of rotatable bonds is 9. The molecule has 1 amide bonds. The predicted octanol–water partition coefficient (Wildman–Crippen LogP) is 4.74. The van der Waals surface area contributed by atoms with Crippen LogP contribution in [-0.2, 0) is 19.7 Å². The quantitative estimate of drug-likeness (QED) is 0.550. The summed E-state index contributed by atoms with van der Waals surface area (Å²) in [6, 6.07) is 12.7. The highest BCUT2D eigenvalue weighted by atomic mass is 16.5. The number of amides is 1. The third-order valence-electron chi connectivity index (χ3n) is 6.06. The highest BCUT2D eigenvalue weighted by Gasteiger charge is 2.42. The molecule has 0 aliphatic carbocycles. The molecule has 1 aliphatic heterocycles. The van der Waals surface area contributed by atoms with E-state index in [0.717, 1.165) is 17.7 Å². The molecule has 33 heavy (non-hydrogen) atoms. The lowest BCUT2D eigenvalue weighted by atomic mass is 9.73. The van der Waals surface area contributed by atoms with Gasteiger partial charge >= 0.3 is 5.97 Å². The number of carbonyl (C=O) groups is 2. The minimum Gasteiger partial charge on any atom is -0.497 e. The van der Waals surface area contributed by atoms with Crippen molar-refractivity contribution in [2.75, 3.05) is 32.2 Å². The van der Waals surface area contributed by atoms with Crippen molar-refractivity contribution in [3.05, 3.63) is 53.6 Å². The maximum absolute atomic E-state index is 13.6. The molecule has 7 heteroatoms. The Labute approximate surface area is 195 Å². The number of ether oxygens (including phenoxy) is 4. The maximum atomic E-state index is 13.6. The van der Waals surface area contributed by atoms with Gasteiger partial charge in [0.15, 0.2) is 0 Å². The van der Waals surface area contributed by atoms with Crippen molar-refractivity contribution in [2.45, 2.75) is 51.6 Å². The van der Waals surface area contributed by atoms with Crippen LogP contribution >= 0.6 is 0 Å². The molecule has 1 saturated heterocycles. The average Bonchev–Trinajstić information content (AvgIpc) is 2.85. The predicted molar refractivity (Wildman–Crippen MR) is 126 cm³/mol. The first kappa shape index (κ1) is 24.6. The molecule has 0 bridgehead atoms. The van der Waals surface area contributed by atoms with Crippen LogP contribution in [0.3, 0.4) is 0 Å². The molecule has 2 aromatic carbocycles. The van der Waals surface area contributed by atoms with Crippen LogP contribution in [0.1, 0.15) is 56.0 Å². The summed E-state index contributed by atoms with van der Waals surface area (Å²) in [5.74, 6) is 0.554. The van der Waals surface area contributed by atoms with Crippen molar-refractivity contribution in [2.24, 2.45) is 0 Å². The summed E-state index contributed by atoms with van der Waals surface area (Å²) in [5, 5.41) is 3.02. The van der Waals surface area contributed by atoms with Crippen LogP contribution in [0.25, 0.3) is 0 Å². The Bertz CT molecular complexity index is 950. The van der Waals surface area contributed by atoms with Crippen LogP contribution in [0.2, 0.25) is 0 Å². The molecule has 1 fully saturated rings. The molecule has 0 saturated carbocycles. The van der Waals surface area contributed by atoms with Gasteiger partial charge in [-0.25, -0.2) is 4.79 Å². The van der Waals surface area contributed by atoms with E-state index in [1.54, 1.807) is 32.2 Å². The van der Waals surface area contributed by atoms with Crippen LogP contribution in [-0.4, -0.2) is 44.9 Å². The lowest BCUT2D eigenvalue weighted by Gasteiger charge is -2.36. The first-order chi connectivity index (χ1) is 15.9. The van der Waals surface area contributed by atoms with E-state index in [9.17, 15) is 9.59 Å². The lowest BCUT2D eigenvalue weighted by molar-refractivity contribution is -0.125. The third kappa shape index (κ3) is 5.66. The van der Waals surface area contributed by atoms with Crippen LogP contribution in [0.5, 0.6) is 11.5 Å². The summed E-state index contributed by atoms with van der Waals surface area (Å²) in [7, 11) is 1.61. The summed E-state index contributed by atoms with van der Waals surface area (Å²) in [5.41, 5.74) is 0.978. The van der Waals surface area contributed by atoms with E-state index in [0.29, 0.717) is 43.1 Å². The van der Waals surface area contributed by atoms with Gasteiger partial charge < -0.3 is 24.3 Å². The van der Waals surface area contributed by atoms with E-state index >= 15 is 0 Å². The van der Waals surface area contributed by atoms with Gasteiger partial charge in [0, 0.05) is 18.9 Å². The second kappa shape index (κ2) is 11.2. The third-order valence-corrected chi connectivity index (χ3v) is 6.06. The molecular weight excluding hydrogens is 422 g/mol.